The Morgan fingerprint density at radius 3 is 2.64 bits per heavy atom. The van der Waals surface area contributed by atoms with Crippen molar-refractivity contribution in [3.63, 3.8) is 0 Å². The lowest BCUT2D eigenvalue weighted by Gasteiger charge is -2.32. The van der Waals surface area contributed by atoms with E-state index in [-0.39, 0.29) is 24.0 Å². The molecule has 0 saturated heterocycles. The number of benzene rings is 2. The second kappa shape index (κ2) is 9.08. The van der Waals surface area contributed by atoms with Crippen LogP contribution in [0.25, 0.3) is 0 Å². The van der Waals surface area contributed by atoms with Crippen LogP contribution in [0.1, 0.15) is 22.6 Å². The van der Waals surface area contributed by atoms with Gasteiger partial charge in [-0.25, -0.2) is 0 Å². The van der Waals surface area contributed by atoms with Gasteiger partial charge < -0.3 is 15.0 Å². The summed E-state index contributed by atoms with van der Waals surface area (Å²) in [4.78, 5) is 6.54. The highest BCUT2D eigenvalue weighted by atomic mass is 127. The summed E-state index contributed by atoms with van der Waals surface area (Å²) in [5, 5.41) is 3.50. The topological polar surface area (TPSA) is 36.9 Å². The fraction of sp³-hybridized carbons (Fsp3) is 0.350. The van der Waals surface area contributed by atoms with Crippen LogP contribution in [-0.2, 0) is 13.0 Å². The van der Waals surface area contributed by atoms with Gasteiger partial charge >= 0.3 is 0 Å². The van der Waals surface area contributed by atoms with E-state index in [9.17, 15) is 0 Å². The first kappa shape index (κ1) is 19.6. The Hall–Kier alpha value is -1.76. The summed E-state index contributed by atoms with van der Waals surface area (Å²) in [7, 11) is 5.59. The molecule has 5 heteroatoms. The number of ether oxygens (including phenoxy) is 1. The van der Waals surface area contributed by atoms with Crippen LogP contribution in [0.2, 0.25) is 0 Å². The van der Waals surface area contributed by atoms with Crippen molar-refractivity contribution in [2.45, 2.75) is 18.9 Å². The quantitative estimate of drug-likeness (QED) is 0.429. The van der Waals surface area contributed by atoms with E-state index in [1.54, 1.807) is 7.11 Å². The molecule has 1 atom stereocenters. The Kier molecular flexibility index (Phi) is 7.11. The molecule has 3 rings (SSSR count). The number of nitrogens with one attached hydrogen (secondary N) is 1. The van der Waals surface area contributed by atoms with E-state index >= 15 is 0 Å². The zero-order valence-electron chi connectivity index (χ0n) is 15.0. The van der Waals surface area contributed by atoms with Gasteiger partial charge in [0.25, 0.3) is 0 Å². The number of hydrogen-bond acceptors (Lipinski definition) is 2. The maximum absolute atomic E-state index is 5.44. The van der Waals surface area contributed by atoms with Crippen molar-refractivity contribution >= 4 is 29.9 Å². The number of halogens is 1. The van der Waals surface area contributed by atoms with Crippen LogP contribution in [0.3, 0.4) is 0 Å². The van der Waals surface area contributed by atoms with Gasteiger partial charge in [-0.05, 0) is 23.6 Å². The molecule has 0 radical (unpaired) electrons. The predicted octanol–water partition coefficient (Wildman–Crippen LogP) is 3.66. The monoisotopic (exact) mass is 451 g/mol. The van der Waals surface area contributed by atoms with E-state index in [1.807, 2.05) is 25.2 Å². The highest BCUT2D eigenvalue weighted by Crippen LogP contribution is 2.34. The van der Waals surface area contributed by atoms with E-state index in [4.69, 9.17) is 4.74 Å². The summed E-state index contributed by atoms with van der Waals surface area (Å²) >= 11 is 0. The van der Waals surface area contributed by atoms with Crippen LogP contribution in [0.4, 0.5) is 0 Å². The second-order valence-corrected chi connectivity index (χ2v) is 6.20. The fourth-order valence-corrected chi connectivity index (χ4v) is 3.31. The summed E-state index contributed by atoms with van der Waals surface area (Å²) in [6.07, 6.45) is 1.15. The third-order valence-corrected chi connectivity index (χ3v) is 4.64. The Morgan fingerprint density at radius 2 is 1.92 bits per heavy atom. The van der Waals surface area contributed by atoms with E-state index in [2.05, 4.69) is 52.6 Å². The zero-order chi connectivity index (χ0) is 16.9. The van der Waals surface area contributed by atoms with E-state index in [1.165, 1.54) is 11.1 Å². The van der Waals surface area contributed by atoms with Crippen LogP contribution in [0, 0.1) is 0 Å². The van der Waals surface area contributed by atoms with Gasteiger partial charge in [0.15, 0.2) is 5.96 Å². The lowest BCUT2D eigenvalue weighted by molar-refractivity contribution is 0.395. The van der Waals surface area contributed by atoms with Gasteiger partial charge in [0.1, 0.15) is 5.75 Å². The van der Waals surface area contributed by atoms with Crippen LogP contribution in [-0.4, -0.2) is 38.6 Å². The summed E-state index contributed by atoms with van der Waals surface area (Å²) in [6, 6.07) is 16.8. The van der Waals surface area contributed by atoms with Crippen molar-refractivity contribution in [1.82, 2.24) is 10.2 Å². The molecule has 0 aromatic heterocycles. The van der Waals surface area contributed by atoms with Gasteiger partial charge in [0.2, 0.25) is 0 Å². The number of aliphatic imine (C=N–C) groups is 1. The molecular formula is C20H26IN3O. The number of hydrogen-bond donors (Lipinski definition) is 1. The van der Waals surface area contributed by atoms with Crippen LogP contribution in [0.15, 0.2) is 53.5 Å². The first-order chi connectivity index (χ1) is 11.7. The van der Waals surface area contributed by atoms with Crippen molar-refractivity contribution in [3.8, 4) is 5.75 Å². The average molecular weight is 451 g/mol. The van der Waals surface area contributed by atoms with Crippen molar-refractivity contribution in [2.75, 3.05) is 27.7 Å². The summed E-state index contributed by atoms with van der Waals surface area (Å²) in [5.74, 6) is 2.40. The van der Waals surface area contributed by atoms with Crippen molar-refractivity contribution in [2.24, 2.45) is 4.99 Å². The van der Waals surface area contributed by atoms with Crippen molar-refractivity contribution in [1.29, 1.82) is 0 Å². The number of methoxy groups -OCH3 is 1. The van der Waals surface area contributed by atoms with Gasteiger partial charge in [-0.15, -0.1) is 24.0 Å². The Balaban J connectivity index is 0.00000225. The second-order valence-electron chi connectivity index (χ2n) is 6.20. The smallest absolute Gasteiger partial charge is 0.193 e. The molecule has 1 aliphatic rings. The maximum atomic E-state index is 5.44. The van der Waals surface area contributed by atoms with Crippen LogP contribution in [0.5, 0.6) is 5.75 Å². The van der Waals surface area contributed by atoms with Gasteiger partial charge in [-0.2, -0.15) is 0 Å². The minimum Gasteiger partial charge on any atom is -0.496 e. The molecule has 0 bridgehead atoms. The molecular weight excluding hydrogens is 425 g/mol. The highest BCUT2D eigenvalue weighted by Gasteiger charge is 2.25. The van der Waals surface area contributed by atoms with Crippen molar-refractivity contribution < 1.29 is 4.74 Å². The molecule has 2 aromatic rings. The standard InChI is InChI=1S/C20H25N3O.HI/c1-21-20(22-13-17-12-15-8-4-6-10-18(15)17)23(2)14-16-9-5-7-11-19(16)24-3;/h4-11,17H,12-14H2,1-3H3,(H,21,22);1H. The van der Waals surface area contributed by atoms with Gasteiger partial charge in [-0.1, -0.05) is 42.5 Å². The zero-order valence-corrected chi connectivity index (χ0v) is 17.4. The molecule has 0 fully saturated rings. The average Bonchev–Trinajstić information content (AvgIpc) is 2.59. The van der Waals surface area contributed by atoms with E-state index in [0.29, 0.717) is 5.92 Å². The highest BCUT2D eigenvalue weighted by molar-refractivity contribution is 14.0. The van der Waals surface area contributed by atoms with Gasteiger partial charge in [0.05, 0.1) is 7.11 Å². The molecule has 1 aliphatic carbocycles. The summed E-state index contributed by atoms with van der Waals surface area (Å²) in [5.41, 5.74) is 4.09. The minimum atomic E-state index is 0. The Morgan fingerprint density at radius 1 is 1.20 bits per heavy atom. The van der Waals surface area contributed by atoms with E-state index < -0.39 is 0 Å². The van der Waals surface area contributed by atoms with Gasteiger partial charge in [0, 0.05) is 38.7 Å². The number of guanidine groups is 1. The van der Waals surface area contributed by atoms with Gasteiger partial charge in [-0.3, -0.25) is 4.99 Å². The number of para-hydroxylation sites is 1. The molecule has 1 N–H and O–H groups in total. The normalized spacial score (nSPS) is 15.5. The molecule has 4 nitrogen and oxygen atoms in total. The third kappa shape index (κ3) is 4.45. The van der Waals surface area contributed by atoms with Crippen LogP contribution >= 0.6 is 24.0 Å². The fourth-order valence-electron chi connectivity index (χ4n) is 3.31. The molecule has 25 heavy (non-hydrogen) atoms. The SMILES string of the molecule is CN=C(NCC1Cc2ccccc21)N(C)Cc1ccccc1OC.I. The molecule has 0 heterocycles. The molecule has 0 amide bonds. The first-order valence-electron chi connectivity index (χ1n) is 8.34. The number of nitrogens with zero attached hydrogens (tertiary/aromatic N) is 2. The summed E-state index contributed by atoms with van der Waals surface area (Å²) in [6.45, 7) is 1.67. The molecule has 2 aromatic carbocycles. The Labute approximate surface area is 167 Å². The third-order valence-electron chi connectivity index (χ3n) is 4.64. The molecule has 0 spiro atoms. The first-order valence-corrected chi connectivity index (χ1v) is 8.34. The lowest BCUT2D eigenvalue weighted by Crippen LogP contribution is -2.41. The molecule has 1 unspecified atom stereocenters. The largest absolute Gasteiger partial charge is 0.496 e. The summed E-state index contributed by atoms with van der Waals surface area (Å²) < 4.78 is 5.44. The number of rotatable bonds is 5. The minimum absolute atomic E-state index is 0. The number of fused-ring (bicyclic) bond motifs is 1. The molecule has 0 aliphatic heterocycles. The lowest BCUT2D eigenvalue weighted by atomic mass is 9.78. The molecule has 0 saturated carbocycles. The predicted molar refractivity (Wildman–Crippen MR) is 114 cm³/mol. The maximum Gasteiger partial charge on any atom is 0.193 e. The van der Waals surface area contributed by atoms with Crippen molar-refractivity contribution in [3.05, 3.63) is 65.2 Å². The Bertz CT molecular complexity index is 732. The van der Waals surface area contributed by atoms with E-state index in [0.717, 1.165) is 36.8 Å². The van der Waals surface area contributed by atoms with Crippen LogP contribution < -0.4 is 10.1 Å². The molecule has 134 valence electrons.